The fraction of sp³-hybridized carbons (Fsp3) is 0.933. The largest absolute Gasteiger partial charge is 0.378 e. The summed E-state index contributed by atoms with van der Waals surface area (Å²) in [5.74, 6) is 0.210. The van der Waals surface area contributed by atoms with Crippen molar-refractivity contribution >= 4 is 5.91 Å². The lowest BCUT2D eigenvalue weighted by Crippen LogP contribution is -2.41. The van der Waals surface area contributed by atoms with Gasteiger partial charge in [0.25, 0.3) is 0 Å². The number of rotatable bonds is 5. The maximum absolute atomic E-state index is 11.9. The number of nitrogens with one attached hydrogen (secondary N) is 2. The highest BCUT2D eigenvalue weighted by molar-refractivity contribution is 5.76. The highest BCUT2D eigenvalue weighted by atomic mass is 16.5. The van der Waals surface area contributed by atoms with Gasteiger partial charge in [-0.25, -0.2) is 0 Å². The fourth-order valence-electron chi connectivity index (χ4n) is 3.15. The Bertz CT molecular complexity index is 269. The molecule has 4 heteroatoms. The number of carbonyl (C=O) groups is 1. The van der Waals surface area contributed by atoms with Gasteiger partial charge in [-0.3, -0.25) is 4.79 Å². The second kappa shape index (κ2) is 7.85. The van der Waals surface area contributed by atoms with E-state index in [-0.39, 0.29) is 5.91 Å². The van der Waals surface area contributed by atoms with Crippen LogP contribution in [0.15, 0.2) is 0 Å². The van der Waals surface area contributed by atoms with Crippen LogP contribution in [0, 0.1) is 0 Å². The standard InChI is InChI=1S/C15H28N2O2/c1-16-12-5-7-13(8-6-12)17-15(18)10-9-14-4-2-3-11-19-14/h12-14,16H,2-11H2,1H3,(H,17,18). The van der Waals surface area contributed by atoms with Gasteiger partial charge in [-0.2, -0.15) is 0 Å². The Morgan fingerprint density at radius 1 is 1.11 bits per heavy atom. The first kappa shape index (κ1) is 14.8. The molecule has 1 amide bonds. The minimum Gasteiger partial charge on any atom is -0.378 e. The predicted molar refractivity (Wildman–Crippen MR) is 76.1 cm³/mol. The monoisotopic (exact) mass is 268 g/mol. The van der Waals surface area contributed by atoms with Crippen molar-refractivity contribution in [3.63, 3.8) is 0 Å². The molecule has 1 aliphatic heterocycles. The quantitative estimate of drug-likeness (QED) is 0.801. The number of carbonyl (C=O) groups excluding carboxylic acids is 1. The van der Waals surface area contributed by atoms with Crippen molar-refractivity contribution in [2.75, 3.05) is 13.7 Å². The van der Waals surface area contributed by atoms with E-state index in [0.717, 1.165) is 32.3 Å². The van der Waals surface area contributed by atoms with Crippen LogP contribution in [0.1, 0.15) is 57.8 Å². The summed E-state index contributed by atoms with van der Waals surface area (Å²) < 4.78 is 5.66. The second-order valence-corrected chi connectivity index (χ2v) is 5.93. The number of hydrogen-bond donors (Lipinski definition) is 2. The normalized spacial score (nSPS) is 31.9. The Kier molecular flexibility index (Phi) is 6.11. The fourth-order valence-corrected chi connectivity index (χ4v) is 3.15. The van der Waals surface area contributed by atoms with Crippen LogP contribution in [-0.4, -0.2) is 37.7 Å². The van der Waals surface area contributed by atoms with Gasteiger partial charge < -0.3 is 15.4 Å². The van der Waals surface area contributed by atoms with E-state index >= 15 is 0 Å². The minimum atomic E-state index is 0.210. The van der Waals surface area contributed by atoms with Crippen LogP contribution in [0.5, 0.6) is 0 Å². The summed E-state index contributed by atoms with van der Waals surface area (Å²) in [5, 5.41) is 6.50. The molecule has 0 aromatic rings. The average Bonchev–Trinajstić information content (AvgIpc) is 2.47. The molecule has 4 nitrogen and oxygen atoms in total. The van der Waals surface area contributed by atoms with Gasteiger partial charge in [-0.1, -0.05) is 0 Å². The Morgan fingerprint density at radius 2 is 1.84 bits per heavy atom. The van der Waals surface area contributed by atoms with Gasteiger partial charge in [-0.15, -0.1) is 0 Å². The molecule has 0 radical (unpaired) electrons. The van der Waals surface area contributed by atoms with Gasteiger partial charge >= 0.3 is 0 Å². The Labute approximate surface area is 116 Å². The molecule has 0 aromatic carbocycles. The summed E-state index contributed by atoms with van der Waals surface area (Å²) in [6, 6.07) is 1.04. The Morgan fingerprint density at radius 3 is 2.47 bits per heavy atom. The third-order valence-corrected chi connectivity index (χ3v) is 4.47. The number of ether oxygens (including phenoxy) is 1. The first-order valence-electron chi connectivity index (χ1n) is 7.86. The molecule has 0 spiro atoms. The molecule has 0 bridgehead atoms. The summed E-state index contributed by atoms with van der Waals surface area (Å²) >= 11 is 0. The molecule has 1 saturated carbocycles. The van der Waals surface area contributed by atoms with E-state index in [2.05, 4.69) is 10.6 Å². The van der Waals surface area contributed by atoms with Crippen molar-refractivity contribution < 1.29 is 9.53 Å². The maximum Gasteiger partial charge on any atom is 0.220 e. The zero-order valence-corrected chi connectivity index (χ0v) is 12.1. The van der Waals surface area contributed by atoms with Crippen LogP contribution in [0.2, 0.25) is 0 Å². The van der Waals surface area contributed by atoms with Gasteiger partial charge in [0.15, 0.2) is 0 Å². The van der Waals surface area contributed by atoms with Gasteiger partial charge in [0, 0.05) is 25.1 Å². The number of amides is 1. The molecule has 1 aliphatic carbocycles. The molecule has 2 fully saturated rings. The van der Waals surface area contributed by atoms with Crippen molar-refractivity contribution in [1.82, 2.24) is 10.6 Å². The maximum atomic E-state index is 11.9. The highest BCUT2D eigenvalue weighted by Gasteiger charge is 2.22. The lowest BCUT2D eigenvalue weighted by molar-refractivity contribution is -0.123. The number of hydrogen-bond acceptors (Lipinski definition) is 3. The van der Waals surface area contributed by atoms with Crippen molar-refractivity contribution in [1.29, 1.82) is 0 Å². The van der Waals surface area contributed by atoms with Crippen LogP contribution >= 0.6 is 0 Å². The molecule has 1 heterocycles. The summed E-state index contributed by atoms with van der Waals surface area (Å²) in [5.41, 5.74) is 0. The van der Waals surface area contributed by atoms with E-state index in [1.165, 1.54) is 25.7 Å². The molecule has 2 aliphatic rings. The van der Waals surface area contributed by atoms with Crippen molar-refractivity contribution in [2.24, 2.45) is 0 Å². The zero-order valence-electron chi connectivity index (χ0n) is 12.1. The van der Waals surface area contributed by atoms with E-state index in [4.69, 9.17) is 4.74 Å². The predicted octanol–water partition coefficient (Wildman–Crippen LogP) is 1.98. The molecule has 2 N–H and O–H groups in total. The van der Waals surface area contributed by atoms with Gasteiger partial charge in [0.2, 0.25) is 5.91 Å². The van der Waals surface area contributed by atoms with E-state index in [9.17, 15) is 4.79 Å². The summed E-state index contributed by atoms with van der Waals surface area (Å²) in [4.78, 5) is 11.9. The van der Waals surface area contributed by atoms with Crippen LogP contribution in [0.4, 0.5) is 0 Å². The van der Waals surface area contributed by atoms with Gasteiger partial charge in [-0.05, 0) is 58.4 Å². The van der Waals surface area contributed by atoms with Crippen LogP contribution in [-0.2, 0) is 9.53 Å². The van der Waals surface area contributed by atoms with E-state index < -0.39 is 0 Å². The molecular weight excluding hydrogens is 240 g/mol. The lowest BCUT2D eigenvalue weighted by Gasteiger charge is -2.29. The summed E-state index contributed by atoms with van der Waals surface area (Å²) in [7, 11) is 2.02. The van der Waals surface area contributed by atoms with Crippen LogP contribution in [0.25, 0.3) is 0 Å². The molecule has 1 atom stereocenters. The third kappa shape index (κ3) is 5.11. The SMILES string of the molecule is CNC1CCC(NC(=O)CCC2CCCCO2)CC1. The molecular formula is C15H28N2O2. The summed E-state index contributed by atoms with van der Waals surface area (Å²) in [6.45, 7) is 0.875. The van der Waals surface area contributed by atoms with E-state index in [0.29, 0.717) is 24.6 Å². The van der Waals surface area contributed by atoms with Crippen LogP contribution < -0.4 is 10.6 Å². The molecule has 2 rings (SSSR count). The van der Waals surface area contributed by atoms with Gasteiger partial charge in [0.05, 0.1) is 6.10 Å². The molecule has 1 saturated heterocycles. The first-order valence-corrected chi connectivity index (χ1v) is 7.86. The topological polar surface area (TPSA) is 50.4 Å². The Balaban J connectivity index is 1.59. The smallest absolute Gasteiger partial charge is 0.220 e. The van der Waals surface area contributed by atoms with E-state index in [1.54, 1.807) is 0 Å². The highest BCUT2D eigenvalue weighted by Crippen LogP contribution is 2.19. The summed E-state index contributed by atoms with van der Waals surface area (Å²) in [6.07, 6.45) is 9.95. The molecule has 19 heavy (non-hydrogen) atoms. The lowest BCUT2D eigenvalue weighted by atomic mass is 9.91. The van der Waals surface area contributed by atoms with Crippen molar-refractivity contribution in [3.05, 3.63) is 0 Å². The third-order valence-electron chi connectivity index (χ3n) is 4.47. The van der Waals surface area contributed by atoms with Gasteiger partial charge in [0.1, 0.15) is 0 Å². The molecule has 110 valence electrons. The average molecular weight is 268 g/mol. The van der Waals surface area contributed by atoms with E-state index in [1.807, 2.05) is 7.05 Å². The Hall–Kier alpha value is -0.610. The van der Waals surface area contributed by atoms with Crippen molar-refractivity contribution in [3.8, 4) is 0 Å². The first-order chi connectivity index (χ1) is 9.28. The van der Waals surface area contributed by atoms with Crippen molar-refractivity contribution in [2.45, 2.75) is 76.0 Å². The van der Waals surface area contributed by atoms with Crippen LogP contribution in [0.3, 0.4) is 0 Å². The zero-order chi connectivity index (χ0) is 13.5. The second-order valence-electron chi connectivity index (χ2n) is 5.93. The minimum absolute atomic E-state index is 0.210. The molecule has 1 unspecified atom stereocenters. The molecule has 0 aromatic heterocycles.